The molecule has 0 aliphatic rings. The molecule has 0 aromatic heterocycles. The average Bonchev–Trinajstić information content (AvgIpc) is 2.72. The van der Waals surface area contributed by atoms with Gasteiger partial charge in [0.05, 0.1) is 0 Å². The zero-order valence-corrected chi connectivity index (χ0v) is 16.5. The molecule has 0 fully saturated rings. The van der Waals surface area contributed by atoms with E-state index in [2.05, 4.69) is 30.3 Å². The molecule has 7 N–H and O–H groups in total. The molecule has 0 saturated carbocycles. The molecule has 8 heteroatoms. The summed E-state index contributed by atoms with van der Waals surface area (Å²) in [6.45, 7) is 6.95. The van der Waals surface area contributed by atoms with Crippen molar-refractivity contribution in [3.63, 3.8) is 0 Å². The van der Waals surface area contributed by atoms with Crippen LogP contribution >= 0.6 is 0 Å². The minimum absolute atomic E-state index is 0.148. The van der Waals surface area contributed by atoms with E-state index in [1.165, 1.54) is 12.1 Å². The van der Waals surface area contributed by atoms with Gasteiger partial charge in [0.15, 0.2) is 0 Å². The smallest absolute Gasteiger partial charge is 0.258 e. The maximum Gasteiger partial charge on any atom is 0.258 e. The van der Waals surface area contributed by atoms with E-state index in [1.807, 2.05) is 0 Å². The first-order valence-electron chi connectivity index (χ1n) is 8.76. The van der Waals surface area contributed by atoms with Gasteiger partial charge in [-0.05, 0) is 55.5 Å². The van der Waals surface area contributed by atoms with Crippen LogP contribution < -0.4 is 22.5 Å². The van der Waals surface area contributed by atoms with Crippen LogP contribution in [0, 0.1) is 11.8 Å². The SMILES string of the molecule is C=C.CC(N)(C(F)F)C(NC(=O)c1ccc(C#Cc2ccc(N)cc2)cc1)C(N)=O. The Morgan fingerprint density at radius 2 is 1.43 bits per heavy atom. The van der Waals surface area contributed by atoms with E-state index < -0.39 is 29.8 Å². The summed E-state index contributed by atoms with van der Waals surface area (Å²) >= 11 is 0. The van der Waals surface area contributed by atoms with E-state index in [4.69, 9.17) is 17.2 Å². The second kappa shape index (κ2) is 10.7. The summed E-state index contributed by atoms with van der Waals surface area (Å²) in [4.78, 5) is 23.8. The molecule has 0 spiro atoms. The second-order valence-electron chi connectivity index (χ2n) is 6.42. The van der Waals surface area contributed by atoms with Crippen molar-refractivity contribution in [3.8, 4) is 11.8 Å². The van der Waals surface area contributed by atoms with Gasteiger partial charge in [0.25, 0.3) is 12.3 Å². The Morgan fingerprint density at radius 3 is 1.83 bits per heavy atom. The highest BCUT2D eigenvalue weighted by Gasteiger charge is 2.43. The Morgan fingerprint density at radius 1 is 1.00 bits per heavy atom. The van der Waals surface area contributed by atoms with E-state index in [0.717, 1.165) is 12.5 Å². The van der Waals surface area contributed by atoms with Crippen LogP contribution in [0.5, 0.6) is 0 Å². The normalized spacial score (nSPS) is 13.0. The van der Waals surface area contributed by atoms with Crippen molar-refractivity contribution < 1.29 is 18.4 Å². The third-order valence-electron chi connectivity index (χ3n) is 4.06. The molecule has 158 valence electrons. The third kappa shape index (κ3) is 6.43. The van der Waals surface area contributed by atoms with Gasteiger partial charge in [-0.15, -0.1) is 13.2 Å². The first-order chi connectivity index (χ1) is 14.1. The molecule has 2 aromatic carbocycles. The molecule has 2 amide bonds. The summed E-state index contributed by atoms with van der Waals surface area (Å²) in [5.41, 5.74) is 16.1. The van der Waals surface area contributed by atoms with Gasteiger partial charge in [-0.3, -0.25) is 9.59 Å². The molecular weight excluding hydrogens is 390 g/mol. The average molecular weight is 414 g/mol. The molecule has 6 nitrogen and oxygen atoms in total. The number of hydrogen-bond acceptors (Lipinski definition) is 4. The van der Waals surface area contributed by atoms with Crippen molar-refractivity contribution in [1.29, 1.82) is 0 Å². The highest BCUT2D eigenvalue weighted by atomic mass is 19.3. The molecule has 2 aromatic rings. The van der Waals surface area contributed by atoms with Crippen LogP contribution in [0.1, 0.15) is 28.4 Å². The van der Waals surface area contributed by atoms with Gasteiger partial charge in [-0.1, -0.05) is 11.8 Å². The molecule has 2 rings (SSSR count). The largest absolute Gasteiger partial charge is 0.399 e. The van der Waals surface area contributed by atoms with Gasteiger partial charge in [0, 0.05) is 22.4 Å². The lowest BCUT2D eigenvalue weighted by molar-refractivity contribution is -0.123. The van der Waals surface area contributed by atoms with E-state index in [9.17, 15) is 18.4 Å². The topological polar surface area (TPSA) is 124 Å². The Kier molecular flexibility index (Phi) is 8.71. The lowest BCUT2D eigenvalue weighted by Gasteiger charge is -2.31. The molecule has 0 radical (unpaired) electrons. The van der Waals surface area contributed by atoms with Crippen LogP contribution in [0.3, 0.4) is 0 Å². The fourth-order valence-corrected chi connectivity index (χ4v) is 2.29. The van der Waals surface area contributed by atoms with Gasteiger partial charge in [-0.2, -0.15) is 0 Å². The van der Waals surface area contributed by atoms with Crippen molar-refractivity contribution in [3.05, 3.63) is 78.4 Å². The van der Waals surface area contributed by atoms with Gasteiger partial charge in [0.1, 0.15) is 11.6 Å². The number of rotatable bonds is 5. The number of amides is 2. The van der Waals surface area contributed by atoms with E-state index >= 15 is 0 Å². The molecular formula is C22H24F2N4O2. The summed E-state index contributed by atoms with van der Waals surface area (Å²) in [7, 11) is 0. The van der Waals surface area contributed by atoms with Crippen LogP contribution in [0.25, 0.3) is 0 Å². The highest BCUT2D eigenvalue weighted by molar-refractivity contribution is 5.97. The number of nitrogens with two attached hydrogens (primary N) is 3. The quantitative estimate of drug-likeness (QED) is 0.339. The third-order valence-corrected chi connectivity index (χ3v) is 4.06. The number of alkyl halides is 2. The van der Waals surface area contributed by atoms with Gasteiger partial charge in [-0.25, -0.2) is 8.78 Å². The Balaban J connectivity index is 0.00000218. The number of nitrogen functional groups attached to an aromatic ring is 1. The highest BCUT2D eigenvalue weighted by Crippen LogP contribution is 2.17. The minimum Gasteiger partial charge on any atom is -0.399 e. The lowest BCUT2D eigenvalue weighted by Crippen LogP contribution is -2.65. The van der Waals surface area contributed by atoms with E-state index in [1.54, 1.807) is 36.4 Å². The fourth-order valence-electron chi connectivity index (χ4n) is 2.29. The Labute approximate surface area is 174 Å². The number of halogens is 2. The number of carbonyl (C=O) groups is 2. The molecule has 0 bridgehead atoms. The predicted molar refractivity (Wildman–Crippen MR) is 114 cm³/mol. The van der Waals surface area contributed by atoms with E-state index in [-0.39, 0.29) is 5.56 Å². The predicted octanol–water partition coefficient (Wildman–Crippen LogP) is 2.04. The molecule has 2 atom stereocenters. The summed E-state index contributed by atoms with van der Waals surface area (Å²) in [6.07, 6.45) is -3.06. The van der Waals surface area contributed by atoms with Gasteiger partial charge in [0.2, 0.25) is 5.91 Å². The lowest BCUT2D eigenvalue weighted by atomic mass is 9.93. The van der Waals surface area contributed by atoms with E-state index in [0.29, 0.717) is 11.3 Å². The summed E-state index contributed by atoms with van der Waals surface area (Å²) in [6, 6.07) is 11.4. The number of carbonyl (C=O) groups excluding carboxylic acids is 2. The summed E-state index contributed by atoms with van der Waals surface area (Å²) < 4.78 is 26.1. The monoisotopic (exact) mass is 414 g/mol. The van der Waals surface area contributed by atoms with Crippen molar-refractivity contribution in [1.82, 2.24) is 5.32 Å². The summed E-state index contributed by atoms with van der Waals surface area (Å²) in [5.74, 6) is 3.98. The standard InChI is InChI=1S/C20H20F2N4O2.C2H4/c1-20(25,19(21)22)16(17(24)27)26-18(28)14-8-4-12(5-9-14)2-3-13-6-10-15(23)11-7-13;1-2/h4-11,16,19H,23,25H2,1H3,(H2,24,27)(H,26,28);1-2H2. The van der Waals surface area contributed by atoms with Crippen molar-refractivity contribution in [2.24, 2.45) is 11.5 Å². The van der Waals surface area contributed by atoms with Crippen LogP contribution in [0.2, 0.25) is 0 Å². The van der Waals surface area contributed by atoms with Crippen LogP contribution in [-0.2, 0) is 4.79 Å². The number of nitrogens with one attached hydrogen (secondary N) is 1. The van der Waals surface area contributed by atoms with Gasteiger partial charge >= 0.3 is 0 Å². The molecule has 0 aliphatic carbocycles. The first kappa shape index (κ1) is 24.3. The number of hydrogen-bond donors (Lipinski definition) is 4. The molecule has 30 heavy (non-hydrogen) atoms. The Bertz CT molecular complexity index is 930. The maximum atomic E-state index is 13.1. The van der Waals surface area contributed by atoms with Gasteiger partial charge < -0.3 is 22.5 Å². The first-order valence-corrected chi connectivity index (χ1v) is 8.76. The van der Waals surface area contributed by atoms with Crippen molar-refractivity contribution in [2.45, 2.75) is 24.9 Å². The molecule has 0 heterocycles. The fraction of sp³-hybridized carbons (Fsp3) is 0.182. The molecule has 0 saturated heterocycles. The number of primary amides is 1. The van der Waals surface area contributed by atoms with Crippen LogP contribution in [0.4, 0.5) is 14.5 Å². The van der Waals surface area contributed by atoms with Crippen molar-refractivity contribution in [2.75, 3.05) is 5.73 Å². The number of benzene rings is 2. The van der Waals surface area contributed by atoms with Crippen molar-refractivity contribution >= 4 is 17.5 Å². The van der Waals surface area contributed by atoms with Crippen LogP contribution in [0.15, 0.2) is 61.7 Å². The second-order valence-corrected chi connectivity index (χ2v) is 6.42. The summed E-state index contributed by atoms with van der Waals surface area (Å²) in [5, 5.41) is 2.17. The zero-order valence-electron chi connectivity index (χ0n) is 16.5. The molecule has 0 aliphatic heterocycles. The Hall–Kier alpha value is -3.70. The molecule has 2 unspecified atom stereocenters. The maximum absolute atomic E-state index is 13.1. The number of anilines is 1. The van der Waals surface area contributed by atoms with Crippen LogP contribution in [-0.4, -0.2) is 29.8 Å². The minimum atomic E-state index is -3.06. The zero-order chi connectivity index (χ0) is 22.9.